The summed E-state index contributed by atoms with van der Waals surface area (Å²) in [4.78, 5) is 33.6. The van der Waals surface area contributed by atoms with Crippen molar-refractivity contribution < 1.29 is 9.83 Å². The maximum absolute atomic E-state index is 13.4. The lowest BCUT2D eigenvalue weighted by Crippen LogP contribution is -2.43. The number of amides is 1. The van der Waals surface area contributed by atoms with E-state index in [9.17, 15) is 14.9 Å². The van der Waals surface area contributed by atoms with Crippen molar-refractivity contribution in [3.05, 3.63) is 68.8 Å². The van der Waals surface area contributed by atoms with Gasteiger partial charge in [-0.15, -0.1) is 0 Å². The number of nitro groups is 1. The van der Waals surface area contributed by atoms with Gasteiger partial charge in [0.25, 0.3) is 5.96 Å². The number of likely N-dealkylation sites (N-methyl/N-ethyl adjacent to an activating group) is 1. The molecule has 0 spiro atoms. The normalized spacial score (nSPS) is 12.0. The molecule has 3 aromatic rings. The lowest BCUT2D eigenvalue weighted by atomic mass is 9.82. The molecule has 2 aromatic carbocycles. The zero-order valence-electron chi connectivity index (χ0n) is 22.9. The summed E-state index contributed by atoms with van der Waals surface area (Å²) in [5.74, 6) is 0.198. The predicted molar refractivity (Wildman–Crippen MR) is 149 cm³/mol. The van der Waals surface area contributed by atoms with Crippen molar-refractivity contribution in [1.29, 1.82) is 0 Å². The minimum Gasteiger partial charge on any atom is -0.354 e. The number of guanidine groups is 1. The van der Waals surface area contributed by atoms with Crippen LogP contribution in [0.25, 0.3) is 22.2 Å². The third-order valence-electron chi connectivity index (χ3n) is 6.81. The van der Waals surface area contributed by atoms with Gasteiger partial charge in [-0.1, -0.05) is 28.7 Å². The van der Waals surface area contributed by atoms with E-state index in [1.807, 2.05) is 44.7 Å². The fraction of sp³-hybridized carbons (Fsp3) is 0.429. The van der Waals surface area contributed by atoms with Gasteiger partial charge in [-0.05, 0) is 88.9 Å². The molecule has 198 valence electrons. The highest BCUT2D eigenvalue weighted by Crippen LogP contribution is 2.35. The van der Waals surface area contributed by atoms with E-state index in [2.05, 4.69) is 58.8 Å². The van der Waals surface area contributed by atoms with Gasteiger partial charge in [-0.2, -0.15) is 0 Å². The number of nitrogens with zero attached hydrogens (tertiary/aromatic N) is 3. The van der Waals surface area contributed by atoms with E-state index in [1.54, 1.807) is 0 Å². The van der Waals surface area contributed by atoms with Crippen LogP contribution < -0.4 is 10.7 Å². The van der Waals surface area contributed by atoms with E-state index in [-0.39, 0.29) is 11.9 Å². The van der Waals surface area contributed by atoms with Gasteiger partial charge in [0.15, 0.2) is 5.03 Å². The van der Waals surface area contributed by atoms with Crippen LogP contribution in [0.15, 0.2) is 41.4 Å². The van der Waals surface area contributed by atoms with E-state index in [4.69, 9.17) is 0 Å². The van der Waals surface area contributed by atoms with Crippen molar-refractivity contribution >= 4 is 22.8 Å². The van der Waals surface area contributed by atoms with Gasteiger partial charge >= 0.3 is 0 Å². The Bertz CT molecular complexity index is 1300. The molecule has 0 aliphatic rings. The number of aliphatic imine (C=N–C) groups is 1. The number of rotatable bonds is 9. The molecular weight excluding hydrogens is 468 g/mol. The quantitative estimate of drug-likeness (QED) is 0.171. The van der Waals surface area contributed by atoms with Crippen molar-refractivity contribution in [3.8, 4) is 11.3 Å². The average molecular weight is 507 g/mol. The number of hydrogen-bond donors (Lipinski definition) is 3. The van der Waals surface area contributed by atoms with E-state index >= 15 is 0 Å². The Morgan fingerprint density at radius 3 is 2.32 bits per heavy atom. The Labute approximate surface area is 218 Å². The van der Waals surface area contributed by atoms with Crippen LogP contribution >= 0.6 is 0 Å². The molecule has 0 atom stereocenters. The Balaban J connectivity index is 2.09. The van der Waals surface area contributed by atoms with E-state index in [0.717, 1.165) is 33.3 Å². The van der Waals surface area contributed by atoms with Gasteiger partial charge in [-0.3, -0.25) is 9.79 Å². The monoisotopic (exact) mass is 506 g/mol. The van der Waals surface area contributed by atoms with Crippen LogP contribution in [0, 0.1) is 24.0 Å². The lowest BCUT2D eigenvalue weighted by Gasteiger charge is -2.31. The summed E-state index contributed by atoms with van der Waals surface area (Å²) in [5, 5.41) is 14.3. The molecule has 0 aliphatic heterocycles. The largest absolute Gasteiger partial charge is 0.354 e. The molecule has 0 fully saturated rings. The summed E-state index contributed by atoms with van der Waals surface area (Å²) >= 11 is 0. The van der Waals surface area contributed by atoms with Crippen LogP contribution in [0.3, 0.4) is 0 Å². The van der Waals surface area contributed by atoms with E-state index in [0.29, 0.717) is 26.1 Å². The van der Waals surface area contributed by atoms with Crippen molar-refractivity contribution in [2.75, 3.05) is 26.7 Å². The van der Waals surface area contributed by atoms with Gasteiger partial charge in [0.05, 0.1) is 5.41 Å². The van der Waals surface area contributed by atoms with Crippen LogP contribution in [0.4, 0.5) is 0 Å². The number of carbonyl (C=O) groups is 1. The highest BCUT2D eigenvalue weighted by atomic mass is 16.7. The summed E-state index contributed by atoms with van der Waals surface area (Å²) in [7, 11) is 1.49. The van der Waals surface area contributed by atoms with Crippen molar-refractivity contribution in [3.63, 3.8) is 0 Å². The number of H-pyrrole nitrogens is 1. The molecule has 0 unspecified atom stereocenters. The summed E-state index contributed by atoms with van der Waals surface area (Å²) < 4.78 is 0. The summed E-state index contributed by atoms with van der Waals surface area (Å²) in [6, 6.07) is 12.6. The molecule has 0 saturated heterocycles. The zero-order valence-corrected chi connectivity index (χ0v) is 22.9. The number of nitrogens with one attached hydrogen (secondary N) is 3. The Kier molecular flexibility index (Phi) is 8.57. The van der Waals surface area contributed by atoms with E-state index in [1.165, 1.54) is 18.2 Å². The van der Waals surface area contributed by atoms with Crippen LogP contribution in [0.1, 0.15) is 49.9 Å². The summed E-state index contributed by atoms with van der Waals surface area (Å²) in [6.07, 6.45) is 0.592. The molecule has 3 N–H and O–H groups in total. The van der Waals surface area contributed by atoms with Gasteiger partial charge in [-0.25, -0.2) is 10.1 Å². The van der Waals surface area contributed by atoms with E-state index < -0.39 is 10.4 Å². The smallest absolute Gasteiger partial charge is 0.253 e. The first kappa shape index (κ1) is 27.7. The molecule has 0 radical (unpaired) electrons. The van der Waals surface area contributed by atoms with Crippen LogP contribution in [0.2, 0.25) is 0 Å². The van der Waals surface area contributed by atoms with Crippen molar-refractivity contribution in [1.82, 2.24) is 20.6 Å². The van der Waals surface area contributed by atoms with Crippen molar-refractivity contribution in [2.45, 2.75) is 53.4 Å². The maximum atomic E-state index is 13.4. The Hall–Kier alpha value is -3.88. The first-order chi connectivity index (χ1) is 17.5. The molecule has 1 heterocycles. The second-order valence-electron chi connectivity index (χ2n) is 9.84. The average Bonchev–Trinajstić information content (AvgIpc) is 3.21. The standard InChI is InChI=1S/C28H38N6O3/c1-8-33(9-2)26(35)28(5,6)21-10-11-24-23(17-21)22(12-13-30-27(29-7)32-34(36)37)25(31-24)20-15-18(3)14-19(4)16-20/h10-11,14-17,31H,8-9,12-13H2,1-7H3,(H2,29,30,32). The topological polar surface area (TPSA) is 116 Å². The number of carbonyl (C=O) groups excluding carboxylic acids is 1. The van der Waals surface area contributed by atoms with Crippen LogP contribution in [0.5, 0.6) is 0 Å². The summed E-state index contributed by atoms with van der Waals surface area (Å²) in [6.45, 7) is 13.9. The molecule has 0 aliphatic carbocycles. The second kappa shape index (κ2) is 11.5. The highest BCUT2D eigenvalue weighted by Gasteiger charge is 2.33. The molecular formula is C28H38N6O3. The maximum Gasteiger partial charge on any atom is 0.253 e. The van der Waals surface area contributed by atoms with Crippen LogP contribution in [-0.2, 0) is 16.6 Å². The van der Waals surface area contributed by atoms with Crippen LogP contribution in [-0.4, -0.2) is 53.5 Å². The molecule has 0 saturated carbocycles. The number of benzene rings is 2. The molecule has 3 rings (SSSR count). The zero-order chi connectivity index (χ0) is 27.3. The molecule has 9 nitrogen and oxygen atoms in total. The minimum atomic E-state index is -0.690. The molecule has 9 heteroatoms. The number of fused-ring (bicyclic) bond motifs is 1. The van der Waals surface area contributed by atoms with Gasteiger partial charge < -0.3 is 15.2 Å². The number of aromatic amines is 1. The van der Waals surface area contributed by atoms with Gasteiger partial charge in [0, 0.05) is 43.3 Å². The number of hydrogen-bond acceptors (Lipinski definition) is 4. The first-order valence-corrected chi connectivity index (χ1v) is 12.7. The molecule has 1 aromatic heterocycles. The number of hydrazine groups is 1. The van der Waals surface area contributed by atoms with Crippen molar-refractivity contribution in [2.24, 2.45) is 4.99 Å². The molecule has 1 amide bonds. The minimum absolute atomic E-state index is 0.0970. The SMILES string of the molecule is CCN(CC)C(=O)C(C)(C)c1ccc2[nH]c(-c3cc(C)cc(C)c3)c(CCNC(=NC)N[N+](=O)[O-])c2c1. The highest BCUT2D eigenvalue weighted by molar-refractivity contribution is 5.94. The lowest BCUT2D eigenvalue weighted by molar-refractivity contribution is -0.525. The predicted octanol–water partition coefficient (Wildman–Crippen LogP) is 4.50. The first-order valence-electron chi connectivity index (χ1n) is 12.7. The summed E-state index contributed by atoms with van der Waals surface area (Å²) in [5.41, 5.74) is 8.82. The Morgan fingerprint density at radius 2 is 1.76 bits per heavy atom. The fourth-order valence-corrected chi connectivity index (χ4v) is 4.85. The van der Waals surface area contributed by atoms with Gasteiger partial charge in [0.1, 0.15) is 0 Å². The molecule has 0 bridgehead atoms. The Morgan fingerprint density at radius 1 is 1.11 bits per heavy atom. The number of aryl methyl sites for hydroxylation is 2. The second-order valence-corrected chi connectivity index (χ2v) is 9.84. The number of aromatic nitrogens is 1. The third-order valence-corrected chi connectivity index (χ3v) is 6.81. The fourth-order valence-electron chi connectivity index (χ4n) is 4.85. The third kappa shape index (κ3) is 6.10. The molecule has 37 heavy (non-hydrogen) atoms. The van der Waals surface area contributed by atoms with Gasteiger partial charge in [0.2, 0.25) is 5.91 Å².